The molecule has 2 atom stereocenters. The number of para-hydroxylation sites is 1. The highest BCUT2D eigenvalue weighted by molar-refractivity contribution is 5.97. The second-order valence-corrected chi connectivity index (χ2v) is 5.30. The molecule has 1 aliphatic heterocycles. The van der Waals surface area contributed by atoms with E-state index in [1.54, 1.807) is 18.2 Å². The lowest BCUT2D eigenvalue weighted by Crippen LogP contribution is -2.42. The lowest BCUT2D eigenvalue weighted by Gasteiger charge is -2.29. The molecule has 0 aromatic heterocycles. The molecule has 0 spiro atoms. The molecule has 0 bridgehead atoms. The Hall–Kier alpha value is -1.75. The van der Waals surface area contributed by atoms with Crippen molar-refractivity contribution >= 4 is 5.91 Å². The standard InChI is InChI=1S/C15H22N2O3/c1-10-6-7-16-8-11(10)9-17-15(19)12-4-3-5-13(20-2)14(12)18/h3-5,10-11,16,18H,6-9H2,1-2H3,(H,17,19). The first-order chi connectivity index (χ1) is 9.63. The summed E-state index contributed by atoms with van der Waals surface area (Å²) in [5, 5.41) is 16.2. The first-order valence-electron chi connectivity index (χ1n) is 6.98. The van der Waals surface area contributed by atoms with Crippen molar-refractivity contribution in [3.05, 3.63) is 23.8 Å². The quantitative estimate of drug-likeness (QED) is 0.778. The molecule has 2 unspecified atom stereocenters. The van der Waals surface area contributed by atoms with Crippen LogP contribution in [0.25, 0.3) is 0 Å². The van der Waals surface area contributed by atoms with Crippen molar-refractivity contribution in [1.29, 1.82) is 0 Å². The molecule has 3 N–H and O–H groups in total. The van der Waals surface area contributed by atoms with Gasteiger partial charge in [0.05, 0.1) is 12.7 Å². The second-order valence-electron chi connectivity index (χ2n) is 5.30. The zero-order valence-corrected chi connectivity index (χ0v) is 12.0. The van der Waals surface area contributed by atoms with E-state index >= 15 is 0 Å². The van der Waals surface area contributed by atoms with Crippen LogP contribution in [-0.2, 0) is 0 Å². The number of amides is 1. The van der Waals surface area contributed by atoms with Crippen molar-refractivity contribution in [1.82, 2.24) is 10.6 Å². The number of phenols is 1. The van der Waals surface area contributed by atoms with Crippen LogP contribution in [0.5, 0.6) is 11.5 Å². The summed E-state index contributed by atoms with van der Waals surface area (Å²) in [4.78, 5) is 12.1. The lowest BCUT2D eigenvalue weighted by atomic mass is 9.88. The molecule has 5 nitrogen and oxygen atoms in total. The third-order valence-corrected chi connectivity index (χ3v) is 3.98. The van der Waals surface area contributed by atoms with Gasteiger partial charge in [-0.1, -0.05) is 13.0 Å². The highest BCUT2D eigenvalue weighted by Gasteiger charge is 2.22. The molecule has 1 fully saturated rings. The number of hydrogen-bond donors (Lipinski definition) is 3. The molecule has 1 saturated heterocycles. The van der Waals surface area contributed by atoms with E-state index in [-0.39, 0.29) is 17.2 Å². The van der Waals surface area contributed by atoms with Gasteiger partial charge >= 0.3 is 0 Å². The topological polar surface area (TPSA) is 70.6 Å². The zero-order chi connectivity index (χ0) is 14.5. The van der Waals surface area contributed by atoms with Gasteiger partial charge < -0.3 is 20.5 Å². The summed E-state index contributed by atoms with van der Waals surface area (Å²) in [7, 11) is 1.46. The number of nitrogens with one attached hydrogen (secondary N) is 2. The molecule has 0 aliphatic carbocycles. The van der Waals surface area contributed by atoms with Gasteiger partial charge in [0.15, 0.2) is 11.5 Å². The van der Waals surface area contributed by atoms with Crippen molar-refractivity contribution in [2.24, 2.45) is 11.8 Å². The summed E-state index contributed by atoms with van der Waals surface area (Å²) < 4.78 is 5.01. The van der Waals surface area contributed by atoms with Gasteiger partial charge in [0.1, 0.15) is 0 Å². The smallest absolute Gasteiger partial charge is 0.255 e. The molecule has 0 radical (unpaired) electrons. The highest BCUT2D eigenvalue weighted by Crippen LogP contribution is 2.29. The maximum absolute atomic E-state index is 12.1. The van der Waals surface area contributed by atoms with Gasteiger partial charge in [-0.3, -0.25) is 4.79 Å². The fraction of sp³-hybridized carbons (Fsp3) is 0.533. The normalized spacial score (nSPS) is 22.3. The number of ether oxygens (including phenoxy) is 1. The molecule has 1 amide bonds. The van der Waals surface area contributed by atoms with E-state index in [1.807, 2.05) is 0 Å². The molecule has 1 aromatic carbocycles. The Kier molecular flexibility index (Phi) is 4.84. The van der Waals surface area contributed by atoms with Crippen molar-refractivity contribution in [3.63, 3.8) is 0 Å². The Morgan fingerprint density at radius 2 is 2.35 bits per heavy atom. The minimum Gasteiger partial charge on any atom is -0.504 e. The van der Waals surface area contributed by atoms with Crippen LogP contribution in [0.1, 0.15) is 23.7 Å². The summed E-state index contributed by atoms with van der Waals surface area (Å²) in [6.07, 6.45) is 1.13. The van der Waals surface area contributed by atoms with Gasteiger partial charge in [0.25, 0.3) is 5.91 Å². The summed E-state index contributed by atoms with van der Waals surface area (Å²) >= 11 is 0. The fourth-order valence-electron chi connectivity index (χ4n) is 2.52. The number of piperidine rings is 1. The fourth-order valence-corrected chi connectivity index (χ4v) is 2.52. The maximum Gasteiger partial charge on any atom is 0.255 e. The summed E-state index contributed by atoms with van der Waals surface area (Å²) in [6.45, 7) is 4.79. The van der Waals surface area contributed by atoms with E-state index in [0.717, 1.165) is 19.5 Å². The van der Waals surface area contributed by atoms with E-state index in [4.69, 9.17) is 4.74 Å². The number of methoxy groups -OCH3 is 1. The van der Waals surface area contributed by atoms with Gasteiger partial charge in [-0.2, -0.15) is 0 Å². The number of phenolic OH excluding ortho intramolecular Hbond substituents is 1. The number of hydrogen-bond acceptors (Lipinski definition) is 4. The van der Waals surface area contributed by atoms with Crippen LogP contribution < -0.4 is 15.4 Å². The largest absolute Gasteiger partial charge is 0.504 e. The predicted octanol–water partition coefficient (Wildman–Crippen LogP) is 1.38. The van der Waals surface area contributed by atoms with Crippen LogP contribution in [-0.4, -0.2) is 37.8 Å². The van der Waals surface area contributed by atoms with Crippen LogP contribution in [0, 0.1) is 11.8 Å². The van der Waals surface area contributed by atoms with Crippen molar-refractivity contribution in [2.75, 3.05) is 26.7 Å². The second kappa shape index (κ2) is 6.61. The zero-order valence-electron chi connectivity index (χ0n) is 12.0. The summed E-state index contributed by atoms with van der Waals surface area (Å²) in [5.74, 6) is 0.961. The summed E-state index contributed by atoms with van der Waals surface area (Å²) in [6, 6.07) is 4.91. The van der Waals surface area contributed by atoms with Crippen LogP contribution in [0.15, 0.2) is 18.2 Å². The van der Waals surface area contributed by atoms with Gasteiger partial charge in [0.2, 0.25) is 0 Å². The maximum atomic E-state index is 12.1. The monoisotopic (exact) mass is 278 g/mol. The molecule has 1 aliphatic rings. The molecular formula is C15H22N2O3. The number of aromatic hydroxyl groups is 1. The molecule has 110 valence electrons. The third kappa shape index (κ3) is 3.22. The van der Waals surface area contributed by atoms with Gasteiger partial charge in [-0.15, -0.1) is 0 Å². The Morgan fingerprint density at radius 1 is 1.55 bits per heavy atom. The third-order valence-electron chi connectivity index (χ3n) is 3.98. The highest BCUT2D eigenvalue weighted by atomic mass is 16.5. The molecule has 20 heavy (non-hydrogen) atoms. The van der Waals surface area contributed by atoms with Crippen molar-refractivity contribution in [3.8, 4) is 11.5 Å². The Bertz CT molecular complexity index is 476. The SMILES string of the molecule is COc1cccc(C(=O)NCC2CNCCC2C)c1O. The number of carbonyl (C=O) groups is 1. The first-order valence-corrected chi connectivity index (χ1v) is 6.98. The van der Waals surface area contributed by atoms with E-state index in [2.05, 4.69) is 17.6 Å². The number of benzene rings is 1. The minimum absolute atomic E-state index is 0.109. The van der Waals surface area contributed by atoms with Gasteiger partial charge in [-0.05, 0) is 43.5 Å². The van der Waals surface area contributed by atoms with Crippen LogP contribution in [0.3, 0.4) is 0 Å². The lowest BCUT2D eigenvalue weighted by molar-refractivity contribution is 0.0935. The van der Waals surface area contributed by atoms with E-state index in [0.29, 0.717) is 24.1 Å². The molecule has 1 heterocycles. The Labute approximate surface area is 119 Å². The molecule has 5 heteroatoms. The van der Waals surface area contributed by atoms with Crippen LogP contribution in [0.4, 0.5) is 0 Å². The molecule has 1 aromatic rings. The van der Waals surface area contributed by atoms with Crippen LogP contribution in [0.2, 0.25) is 0 Å². The van der Waals surface area contributed by atoms with Gasteiger partial charge in [0, 0.05) is 6.54 Å². The Morgan fingerprint density at radius 3 is 3.05 bits per heavy atom. The first kappa shape index (κ1) is 14.7. The minimum atomic E-state index is -0.265. The molecule has 0 saturated carbocycles. The van der Waals surface area contributed by atoms with Crippen molar-refractivity contribution < 1.29 is 14.6 Å². The number of rotatable bonds is 4. The van der Waals surface area contributed by atoms with E-state index in [9.17, 15) is 9.90 Å². The van der Waals surface area contributed by atoms with Crippen LogP contribution >= 0.6 is 0 Å². The Balaban J connectivity index is 1.98. The summed E-state index contributed by atoms with van der Waals surface area (Å²) in [5.41, 5.74) is 0.251. The van der Waals surface area contributed by atoms with E-state index < -0.39 is 0 Å². The van der Waals surface area contributed by atoms with Gasteiger partial charge in [-0.25, -0.2) is 0 Å². The molecule has 2 rings (SSSR count). The average molecular weight is 278 g/mol. The molecular weight excluding hydrogens is 256 g/mol. The van der Waals surface area contributed by atoms with E-state index in [1.165, 1.54) is 7.11 Å². The number of carbonyl (C=O) groups excluding carboxylic acids is 1. The van der Waals surface area contributed by atoms with Crippen molar-refractivity contribution in [2.45, 2.75) is 13.3 Å². The predicted molar refractivity (Wildman–Crippen MR) is 77.1 cm³/mol. The average Bonchev–Trinajstić information content (AvgIpc) is 2.46.